The molecule has 1 amide bonds. The molecule has 1 aliphatic heterocycles. The second-order valence-electron chi connectivity index (χ2n) is 10.6. The summed E-state index contributed by atoms with van der Waals surface area (Å²) in [5.74, 6) is 0.491. The number of para-hydroxylation sites is 1. The molecule has 10 heteroatoms. The Bertz CT molecular complexity index is 1380. The number of hydrogen-bond donors (Lipinski definition) is 1. The highest BCUT2D eigenvalue weighted by Gasteiger charge is 2.39. The number of morpholine rings is 1. The summed E-state index contributed by atoms with van der Waals surface area (Å²) >= 11 is 0. The van der Waals surface area contributed by atoms with Gasteiger partial charge < -0.3 is 14.8 Å². The average molecular weight is 579 g/mol. The van der Waals surface area contributed by atoms with Crippen molar-refractivity contribution in [2.45, 2.75) is 44.3 Å². The lowest BCUT2D eigenvalue weighted by Crippen LogP contribution is -2.52. The summed E-state index contributed by atoms with van der Waals surface area (Å²) in [6.45, 7) is 1.78. The van der Waals surface area contributed by atoms with E-state index in [1.165, 1.54) is 0 Å². The zero-order chi connectivity index (χ0) is 28.7. The van der Waals surface area contributed by atoms with Crippen LogP contribution in [0.2, 0.25) is 0 Å². The van der Waals surface area contributed by atoms with E-state index in [1.807, 2.05) is 54.6 Å². The van der Waals surface area contributed by atoms with Gasteiger partial charge in [-0.15, -0.1) is 0 Å². The van der Waals surface area contributed by atoms with E-state index in [4.69, 9.17) is 9.47 Å². The molecule has 0 spiro atoms. The summed E-state index contributed by atoms with van der Waals surface area (Å²) in [5, 5.41) is 3.28. The Balaban J connectivity index is 1.35. The van der Waals surface area contributed by atoms with Gasteiger partial charge in [0.1, 0.15) is 5.75 Å². The van der Waals surface area contributed by atoms with Crippen molar-refractivity contribution in [3.63, 3.8) is 0 Å². The standard InChI is InChI=1S/C31H38N4O5S/c1-39-29-12-6-5-11-28(29)31(36)33-30(25-9-3-2-4-10-25)26-13-15-27(16-14-26)35(23-24-8-7-17-32-22-24)41(37,38)34-18-20-40-21-19-34/h2-12,17,22,26-27,30H,13-16,18-21,23H2,1H3,(H,33,36). The Morgan fingerprint density at radius 1 is 1.02 bits per heavy atom. The third kappa shape index (κ3) is 6.95. The first-order valence-corrected chi connectivity index (χ1v) is 15.6. The Hall–Kier alpha value is -3.31. The van der Waals surface area contributed by atoms with E-state index in [-0.39, 0.29) is 30.5 Å². The maximum absolute atomic E-state index is 13.9. The average Bonchev–Trinajstić information content (AvgIpc) is 3.04. The third-order valence-corrected chi connectivity index (χ3v) is 10.1. The van der Waals surface area contributed by atoms with Crippen LogP contribution in [0.3, 0.4) is 0 Å². The van der Waals surface area contributed by atoms with Crippen LogP contribution in [-0.2, 0) is 21.5 Å². The monoisotopic (exact) mass is 578 g/mol. The fourth-order valence-corrected chi connectivity index (χ4v) is 7.71. The number of carbonyl (C=O) groups excluding carboxylic acids is 1. The van der Waals surface area contributed by atoms with E-state index in [0.29, 0.717) is 50.5 Å². The summed E-state index contributed by atoms with van der Waals surface area (Å²) in [6.07, 6.45) is 6.37. The van der Waals surface area contributed by atoms with Crippen LogP contribution < -0.4 is 10.1 Å². The van der Waals surface area contributed by atoms with Gasteiger partial charge in [-0.25, -0.2) is 0 Å². The van der Waals surface area contributed by atoms with Crippen molar-refractivity contribution in [3.8, 4) is 5.75 Å². The van der Waals surface area contributed by atoms with Crippen LogP contribution in [0, 0.1) is 5.92 Å². The van der Waals surface area contributed by atoms with Gasteiger partial charge in [-0.2, -0.15) is 17.0 Å². The van der Waals surface area contributed by atoms with Crippen molar-refractivity contribution in [2.24, 2.45) is 5.92 Å². The van der Waals surface area contributed by atoms with Gasteiger partial charge in [0.2, 0.25) is 0 Å². The van der Waals surface area contributed by atoms with Crippen LogP contribution in [0.1, 0.15) is 53.2 Å². The van der Waals surface area contributed by atoms with Gasteiger partial charge in [-0.3, -0.25) is 9.78 Å². The van der Waals surface area contributed by atoms with Crippen LogP contribution in [0.4, 0.5) is 0 Å². The summed E-state index contributed by atoms with van der Waals surface area (Å²) in [7, 11) is -2.14. The van der Waals surface area contributed by atoms with Crippen LogP contribution in [0.25, 0.3) is 0 Å². The molecule has 1 unspecified atom stereocenters. The van der Waals surface area contributed by atoms with Crippen LogP contribution in [-0.4, -0.2) is 67.4 Å². The van der Waals surface area contributed by atoms with Crippen LogP contribution in [0.5, 0.6) is 5.75 Å². The van der Waals surface area contributed by atoms with Gasteiger partial charge in [0.05, 0.1) is 31.9 Å². The van der Waals surface area contributed by atoms with E-state index >= 15 is 0 Å². The summed E-state index contributed by atoms with van der Waals surface area (Å²) in [5.41, 5.74) is 2.38. The molecule has 1 aliphatic carbocycles. The van der Waals surface area contributed by atoms with Crippen molar-refractivity contribution < 1.29 is 22.7 Å². The van der Waals surface area contributed by atoms with E-state index in [1.54, 1.807) is 40.2 Å². The Labute approximate surface area is 242 Å². The highest BCUT2D eigenvalue weighted by molar-refractivity contribution is 7.86. The number of carbonyl (C=O) groups is 1. The molecule has 9 nitrogen and oxygen atoms in total. The van der Waals surface area contributed by atoms with Gasteiger partial charge in [-0.1, -0.05) is 48.5 Å². The molecule has 1 saturated heterocycles. The molecule has 1 aromatic heterocycles. The number of nitrogens with zero attached hydrogens (tertiary/aromatic N) is 3. The van der Waals surface area contributed by atoms with E-state index in [2.05, 4.69) is 10.3 Å². The molecule has 1 N–H and O–H groups in total. The number of pyridine rings is 1. The lowest BCUT2D eigenvalue weighted by Gasteiger charge is -2.41. The number of ether oxygens (including phenoxy) is 2. The molecule has 2 aromatic carbocycles. The van der Waals surface area contributed by atoms with Gasteiger partial charge in [0.15, 0.2) is 0 Å². The first-order valence-electron chi connectivity index (χ1n) is 14.2. The number of amides is 1. The third-order valence-electron chi connectivity index (χ3n) is 8.07. The van der Waals surface area contributed by atoms with E-state index in [9.17, 15) is 13.2 Å². The largest absolute Gasteiger partial charge is 0.496 e. The molecular weight excluding hydrogens is 540 g/mol. The SMILES string of the molecule is COc1ccccc1C(=O)NC(c1ccccc1)C1CCC(N(Cc2cccnc2)S(=O)(=O)N2CCOCC2)CC1. The van der Waals surface area contributed by atoms with Crippen molar-refractivity contribution in [1.82, 2.24) is 18.9 Å². The Morgan fingerprint density at radius 2 is 1.73 bits per heavy atom. The smallest absolute Gasteiger partial charge is 0.282 e. The fraction of sp³-hybridized carbons (Fsp3) is 0.419. The predicted molar refractivity (Wildman–Crippen MR) is 156 cm³/mol. The van der Waals surface area contributed by atoms with Crippen LogP contribution in [0.15, 0.2) is 79.1 Å². The lowest BCUT2D eigenvalue weighted by molar-refractivity contribution is 0.0674. The molecule has 2 heterocycles. The fourth-order valence-electron chi connectivity index (χ4n) is 5.90. The van der Waals surface area contributed by atoms with E-state index in [0.717, 1.165) is 24.0 Å². The number of aromatic nitrogens is 1. The zero-order valence-corrected chi connectivity index (χ0v) is 24.2. The first-order chi connectivity index (χ1) is 20.0. The predicted octanol–water partition coefficient (Wildman–Crippen LogP) is 4.20. The highest BCUT2D eigenvalue weighted by Crippen LogP contribution is 2.38. The summed E-state index contributed by atoms with van der Waals surface area (Å²) < 4.78 is 41.8. The molecule has 218 valence electrons. The summed E-state index contributed by atoms with van der Waals surface area (Å²) in [6, 6.07) is 20.6. The topological polar surface area (TPSA) is 101 Å². The number of rotatable bonds is 10. The summed E-state index contributed by atoms with van der Waals surface area (Å²) in [4.78, 5) is 17.6. The highest BCUT2D eigenvalue weighted by atomic mass is 32.2. The quantitative estimate of drug-likeness (QED) is 0.387. The molecule has 5 rings (SSSR count). The maximum Gasteiger partial charge on any atom is 0.282 e. The van der Waals surface area contributed by atoms with Crippen molar-refractivity contribution >= 4 is 16.1 Å². The second kappa shape index (κ2) is 13.6. The molecule has 2 fully saturated rings. The molecule has 0 radical (unpaired) electrons. The molecule has 3 aromatic rings. The number of hydrogen-bond acceptors (Lipinski definition) is 6. The first kappa shape index (κ1) is 29.2. The molecular formula is C31H38N4O5S. The number of nitrogens with one attached hydrogen (secondary N) is 1. The van der Waals surface area contributed by atoms with Gasteiger partial charge in [0.25, 0.3) is 16.1 Å². The number of benzene rings is 2. The second-order valence-corrected chi connectivity index (χ2v) is 12.4. The molecule has 1 saturated carbocycles. The minimum Gasteiger partial charge on any atom is -0.496 e. The van der Waals surface area contributed by atoms with Crippen LogP contribution >= 0.6 is 0 Å². The van der Waals surface area contributed by atoms with Gasteiger partial charge in [0, 0.05) is 38.1 Å². The zero-order valence-electron chi connectivity index (χ0n) is 23.4. The molecule has 0 bridgehead atoms. The normalized spacial score (nSPS) is 20.8. The van der Waals surface area contributed by atoms with Gasteiger partial charge in [-0.05, 0) is 60.9 Å². The molecule has 41 heavy (non-hydrogen) atoms. The van der Waals surface area contributed by atoms with Crippen molar-refractivity contribution in [3.05, 3.63) is 95.8 Å². The molecule has 2 aliphatic rings. The van der Waals surface area contributed by atoms with Crippen molar-refractivity contribution in [2.75, 3.05) is 33.4 Å². The lowest BCUT2D eigenvalue weighted by atomic mass is 9.79. The minimum atomic E-state index is -3.70. The minimum absolute atomic E-state index is 0.152. The maximum atomic E-state index is 13.9. The van der Waals surface area contributed by atoms with E-state index < -0.39 is 10.2 Å². The van der Waals surface area contributed by atoms with Crippen molar-refractivity contribution in [1.29, 1.82) is 0 Å². The van der Waals surface area contributed by atoms with Gasteiger partial charge >= 0.3 is 0 Å². The Morgan fingerprint density at radius 3 is 2.41 bits per heavy atom. The number of methoxy groups -OCH3 is 1. The Kier molecular flexibility index (Phi) is 9.66. The molecule has 1 atom stereocenters.